The van der Waals surface area contributed by atoms with Crippen LogP contribution in [0.15, 0.2) is 72.1 Å². The summed E-state index contributed by atoms with van der Waals surface area (Å²) in [5, 5.41) is 2.09. The van der Waals surface area contributed by atoms with Crippen molar-refractivity contribution in [2.45, 2.75) is 44.3 Å². The van der Waals surface area contributed by atoms with E-state index >= 15 is 0 Å². The Morgan fingerprint density at radius 2 is 1.57 bits per heavy atom. The minimum atomic E-state index is 0.219. The van der Waals surface area contributed by atoms with E-state index in [1.54, 1.807) is 11.3 Å². The Bertz CT molecular complexity index is 956. The number of benzene rings is 2. The molecule has 0 bridgehead atoms. The number of carbonyl (C=O) groups is 1. The number of amides is 1. The first-order valence-corrected chi connectivity index (χ1v) is 11.9. The number of piperidine rings is 1. The first kappa shape index (κ1) is 19.5. The van der Waals surface area contributed by atoms with Gasteiger partial charge in [0.25, 0.3) is 5.91 Å². The van der Waals surface area contributed by atoms with Gasteiger partial charge in [0.05, 0.1) is 0 Å². The molecule has 2 aliphatic rings. The van der Waals surface area contributed by atoms with Gasteiger partial charge < -0.3 is 4.90 Å². The van der Waals surface area contributed by atoms with Crippen LogP contribution in [0.3, 0.4) is 0 Å². The van der Waals surface area contributed by atoms with Gasteiger partial charge in [0, 0.05) is 42.2 Å². The molecule has 2 aromatic carbocycles. The summed E-state index contributed by atoms with van der Waals surface area (Å²) in [5.41, 5.74) is 3.39. The highest BCUT2D eigenvalue weighted by Crippen LogP contribution is 2.34. The van der Waals surface area contributed by atoms with Crippen LogP contribution >= 0.6 is 11.3 Å². The molecule has 3 aromatic rings. The Morgan fingerprint density at radius 3 is 2.20 bits per heavy atom. The van der Waals surface area contributed by atoms with Gasteiger partial charge in [0.1, 0.15) is 0 Å². The second kappa shape index (κ2) is 8.75. The van der Waals surface area contributed by atoms with Crippen LogP contribution in [0.1, 0.15) is 41.6 Å². The molecule has 2 heterocycles. The van der Waals surface area contributed by atoms with Gasteiger partial charge in [-0.3, -0.25) is 9.69 Å². The number of carbonyl (C=O) groups excluding carboxylic acids is 1. The molecule has 0 unspecified atom stereocenters. The van der Waals surface area contributed by atoms with E-state index in [1.165, 1.54) is 16.0 Å². The van der Waals surface area contributed by atoms with Crippen LogP contribution in [0.2, 0.25) is 0 Å². The zero-order valence-electron chi connectivity index (χ0n) is 17.2. The van der Waals surface area contributed by atoms with Crippen molar-refractivity contribution < 1.29 is 4.79 Å². The van der Waals surface area contributed by atoms with Crippen LogP contribution in [0.5, 0.6) is 0 Å². The van der Waals surface area contributed by atoms with Crippen molar-refractivity contribution in [2.24, 2.45) is 0 Å². The maximum atomic E-state index is 13.4. The normalized spacial score (nSPS) is 17.7. The maximum Gasteiger partial charge on any atom is 0.254 e. The van der Waals surface area contributed by atoms with Crippen LogP contribution in [-0.2, 0) is 6.54 Å². The Morgan fingerprint density at radius 1 is 0.867 bits per heavy atom. The monoisotopic (exact) mass is 416 g/mol. The molecule has 0 atom stereocenters. The molecule has 1 aliphatic carbocycles. The van der Waals surface area contributed by atoms with Crippen molar-refractivity contribution in [1.29, 1.82) is 0 Å². The third-order valence-electron chi connectivity index (χ3n) is 6.31. The van der Waals surface area contributed by atoms with Crippen LogP contribution < -0.4 is 0 Å². The van der Waals surface area contributed by atoms with Gasteiger partial charge in [0.2, 0.25) is 0 Å². The fraction of sp³-hybridized carbons (Fsp3) is 0.346. The first-order chi connectivity index (χ1) is 14.8. The van der Waals surface area contributed by atoms with Crippen LogP contribution in [0.4, 0.5) is 0 Å². The maximum absolute atomic E-state index is 13.4. The minimum Gasteiger partial charge on any atom is -0.333 e. The Hall–Kier alpha value is -2.43. The lowest BCUT2D eigenvalue weighted by Gasteiger charge is -2.39. The molecule has 5 rings (SSSR count). The van der Waals surface area contributed by atoms with Gasteiger partial charge in [0.15, 0.2) is 0 Å². The smallest absolute Gasteiger partial charge is 0.254 e. The van der Waals surface area contributed by atoms with E-state index in [4.69, 9.17) is 0 Å². The number of thiophene rings is 1. The van der Waals surface area contributed by atoms with Gasteiger partial charge >= 0.3 is 0 Å². The van der Waals surface area contributed by atoms with E-state index in [2.05, 4.69) is 69.8 Å². The molecule has 1 saturated carbocycles. The summed E-state index contributed by atoms with van der Waals surface area (Å²) in [5.74, 6) is 0.219. The zero-order chi connectivity index (χ0) is 20.3. The minimum absolute atomic E-state index is 0.219. The summed E-state index contributed by atoms with van der Waals surface area (Å²) in [6, 6.07) is 23.9. The summed E-state index contributed by atoms with van der Waals surface area (Å²) in [4.78, 5) is 19.4. The van der Waals surface area contributed by atoms with Crippen molar-refractivity contribution in [2.75, 3.05) is 13.1 Å². The molecule has 0 spiro atoms. The van der Waals surface area contributed by atoms with Crippen molar-refractivity contribution in [1.82, 2.24) is 9.80 Å². The summed E-state index contributed by atoms with van der Waals surface area (Å²) >= 11 is 1.73. The van der Waals surface area contributed by atoms with Gasteiger partial charge in [-0.2, -0.15) is 0 Å². The van der Waals surface area contributed by atoms with E-state index in [-0.39, 0.29) is 5.91 Å². The van der Waals surface area contributed by atoms with E-state index < -0.39 is 0 Å². The van der Waals surface area contributed by atoms with Crippen molar-refractivity contribution in [3.63, 3.8) is 0 Å². The molecule has 4 heteroatoms. The van der Waals surface area contributed by atoms with Gasteiger partial charge in [-0.15, -0.1) is 11.3 Å². The lowest BCUT2D eigenvalue weighted by atomic mass is 10.0. The number of nitrogens with zero attached hydrogens (tertiary/aromatic N) is 2. The quantitative estimate of drug-likeness (QED) is 0.516. The average Bonchev–Trinajstić information content (AvgIpc) is 3.47. The SMILES string of the molecule is O=C(c1ccc(-c2cccs2)cc1)N(C1CC1)C1CCN(Cc2ccccc2)CC1. The second-order valence-electron chi connectivity index (χ2n) is 8.49. The summed E-state index contributed by atoms with van der Waals surface area (Å²) in [6.07, 6.45) is 4.46. The molecular formula is C26H28N2OS. The molecule has 30 heavy (non-hydrogen) atoms. The number of rotatable bonds is 6. The summed E-state index contributed by atoms with van der Waals surface area (Å²) in [7, 11) is 0. The first-order valence-electron chi connectivity index (χ1n) is 11.0. The van der Waals surface area contributed by atoms with Gasteiger partial charge in [-0.05, 0) is 60.4 Å². The molecule has 1 aliphatic heterocycles. The number of likely N-dealkylation sites (tertiary alicyclic amines) is 1. The van der Waals surface area contributed by atoms with Crippen molar-refractivity contribution in [3.05, 3.63) is 83.2 Å². The van der Waals surface area contributed by atoms with E-state index in [1.807, 2.05) is 12.1 Å². The molecule has 154 valence electrons. The van der Waals surface area contributed by atoms with E-state index in [9.17, 15) is 4.79 Å². The van der Waals surface area contributed by atoms with Crippen LogP contribution in [-0.4, -0.2) is 40.9 Å². The molecule has 0 N–H and O–H groups in total. The lowest BCUT2D eigenvalue weighted by Crippen LogP contribution is -2.48. The van der Waals surface area contributed by atoms with Crippen molar-refractivity contribution in [3.8, 4) is 10.4 Å². The van der Waals surface area contributed by atoms with Crippen LogP contribution in [0.25, 0.3) is 10.4 Å². The second-order valence-corrected chi connectivity index (χ2v) is 9.44. The molecule has 0 radical (unpaired) electrons. The molecule has 1 saturated heterocycles. The zero-order valence-corrected chi connectivity index (χ0v) is 18.1. The predicted molar refractivity (Wildman–Crippen MR) is 124 cm³/mol. The molecule has 1 amide bonds. The number of hydrogen-bond donors (Lipinski definition) is 0. The predicted octanol–water partition coefficient (Wildman–Crippen LogP) is 5.68. The highest BCUT2D eigenvalue weighted by molar-refractivity contribution is 7.13. The van der Waals surface area contributed by atoms with Gasteiger partial charge in [-0.1, -0.05) is 48.5 Å². The van der Waals surface area contributed by atoms with E-state index in [0.29, 0.717) is 12.1 Å². The Labute approximate surface area is 183 Å². The topological polar surface area (TPSA) is 23.6 Å². The third-order valence-corrected chi connectivity index (χ3v) is 7.23. The standard InChI is InChI=1S/C26H28N2OS/c29-26(22-10-8-21(9-11-22)25-7-4-18-30-25)28(23-12-13-23)24-14-16-27(17-15-24)19-20-5-2-1-3-6-20/h1-11,18,23-24H,12-17,19H2. The summed E-state index contributed by atoms with van der Waals surface area (Å²) < 4.78 is 0. The largest absolute Gasteiger partial charge is 0.333 e. The Kier molecular flexibility index (Phi) is 5.69. The summed E-state index contributed by atoms with van der Waals surface area (Å²) in [6.45, 7) is 3.13. The fourth-order valence-corrected chi connectivity index (χ4v) is 5.28. The van der Waals surface area contributed by atoms with E-state index in [0.717, 1.165) is 50.9 Å². The lowest BCUT2D eigenvalue weighted by molar-refractivity contribution is 0.0542. The third kappa shape index (κ3) is 4.35. The molecule has 2 fully saturated rings. The van der Waals surface area contributed by atoms with Crippen LogP contribution in [0, 0.1) is 0 Å². The highest BCUT2D eigenvalue weighted by atomic mass is 32.1. The molecule has 3 nitrogen and oxygen atoms in total. The number of hydrogen-bond acceptors (Lipinski definition) is 3. The fourth-order valence-electron chi connectivity index (χ4n) is 4.55. The molecule has 1 aromatic heterocycles. The molecular weight excluding hydrogens is 388 g/mol. The Balaban J connectivity index is 1.24. The van der Waals surface area contributed by atoms with Crippen molar-refractivity contribution >= 4 is 17.2 Å². The average molecular weight is 417 g/mol. The van der Waals surface area contributed by atoms with Gasteiger partial charge in [-0.25, -0.2) is 0 Å². The highest BCUT2D eigenvalue weighted by Gasteiger charge is 2.38.